The lowest BCUT2D eigenvalue weighted by molar-refractivity contribution is 0.582. The van der Waals surface area contributed by atoms with E-state index in [2.05, 4.69) is 4.98 Å². The molecule has 0 atom stereocenters. The standard InChI is InChI=1S/C25H21N3O4S/c1-27-21-15-26-20-10-5-16(22-4-3-13-32-22)14-19(20)23(21)28(24(27)29)18-8-6-17(7-9-18)25(11-12-25)33(2,30)31/h3-10,13-15H,11-12H2,1-2H3. The molecule has 3 heterocycles. The topological polar surface area (TPSA) is 87.1 Å². The first kappa shape index (κ1) is 20.0. The van der Waals surface area contributed by atoms with E-state index in [9.17, 15) is 13.2 Å². The number of fused-ring (bicyclic) bond motifs is 3. The summed E-state index contributed by atoms with van der Waals surface area (Å²) in [6.45, 7) is 0. The molecule has 0 aliphatic heterocycles. The highest BCUT2D eigenvalue weighted by Crippen LogP contribution is 2.52. The Bertz CT molecular complexity index is 1710. The first-order valence-electron chi connectivity index (χ1n) is 10.6. The van der Waals surface area contributed by atoms with Crippen LogP contribution in [0.2, 0.25) is 0 Å². The van der Waals surface area contributed by atoms with E-state index in [1.807, 2.05) is 54.6 Å². The molecule has 1 saturated carbocycles. The number of hydrogen-bond acceptors (Lipinski definition) is 5. The highest BCUT2D eigenvalue weighted by molar-refractivity contribution is 7.92. The Labute approximate surface area is 189 Å². The molecule has 166 valence electrons. The van der Waals surface area contributed by atoms with Crippen LogP contribution in [0.25, 0.3) is 38.9 Å². The molecule has 1 aliphatic rings. The summed E-state index contributed by atoms with van der Waals surface area (Å²) < 4.78 is 32.6. The molecule has 1 aliphatic carbocycles. The molecule has 0 bridgehead atoms. The van der Waals surface area contributed by atoms with Gasteiger partial charge in [-0.3, -0.25) is 14.1 Å². The number of benzene rings is 2. The first-order valence-corrected chi connectivity index (χ1v) is 12.5. The minimum atomic E-state index is -3.21. The third-order valence-corrected chi connectivity index (χ3v) is 8.82. The number of aromatic nitrogens is 3. The highest BCUT2D eigenvalue weighted by Gasteiger charge is 2.53. The van der Waals surface area contributed by atoms with Crippen LogP contribution in [0.15, 0.2) is 76.3 Å². The lowest BCUT2D eigenvalue weighted by atomic mass is 10.1. The molecule has 0 amide bonds. The summed E-state index contributed by atoms with van der Waals surface area (Å²) >= 11 is 0. The Hall–Kier alpha value is -3.65. The van der Waals surface area contributed by atoms with E-state index in [0.29, 0.717) is 24.0 Å². The fourth-order valence-electron chi connectivity index (χ4n) is 4.73. The van der Waals surface area contributed by atoms with Gasteiger partial charge >= 0.3 is 5.69 Å². The van der Waals surface area contributed by atoms with Crippen molar-refractivity contribution in [3.8, 4) is 17.0 Å². The molecule has 8 heteroatoms. The summed E-state index contributed by atoms with van der Waals surface area (Å²) in [4.78, 5) is 17.8. The summed E-state index contributed by atoms with van der Waals surface area (Å²) in [5, 5.41) is 0.831. The number of hydrogen-bond donors (Lipinski definition) is 0. The zero-order valence-electron chi connectivity index (χ0n) is 18.1. The van der Waals surface area contributed by atoms with Crippen molar-refractivity contribution >= 4 is 31.8 Å². The van der Waals surface area contributed by atoms with Crippen LogP contribution in [-0.2, 0) is 21.6 Å². The maximum atomic E-state index is 13.3. The fraction of sp³-hybridized carbons (Fsp3) is 0.200. The van der Waals surface area contributed by atoms with Crippen LogP contribution < -0.4 is 5.69 Å². The Balaban J connectivity index is 1.59. The third kappa shape index (κ3) is 2.83. The number of sulfone groups is 1. The van der Waals surface area contributed by atoms with E-state index in [0.717, 1.165) is 33.3 Å². The van der Waals surface area contributed by atoms with Crippen molar-refractivity contribution in [1.29, 1.82) is 0 Å². The normalized spacial score (nSPS) is 15.3. The summed E-state index contributed by atoms with van der Waals surface area (Å²) in [5.41, 5.74) is 4.37. The lowest BCUT2D eigenvalue weighted by Gasteiger charge is -2.14. The molecule has 0 saturated heterocycles. The predicted octanol–water partition coefficient (Wildman–Crippen LogP) is 4.17. The van der Waals surface area contributed by atoms with Gasteiger partial charge in [0, 0.05) is 24.3 Å². The number of nitrogens with zero attached hydrogens (tertiary/aromatic N) is 3. The van der Waals surface area contributed by atoms with E-state index >= 15 is 0 Å². The Morgan fingerprint density at radius 1 is 1.06 bits per heavy atom. The number of imidazole rings is 1. The molecule has 0 N–H and O–H groups in total. The molecule has 0 radical (unpaired) electrons. The van der Waals surface area contributed by atoms with Gasteiger partial charge in [0.15, 0.2) is 9.84 Å². The fourth-order valence-corrected chi connectivity index (χ4v) is 6.14. The second kappa shape index (κ2) is 6.68. The molecule has 5 aromatic rings. The Kier molecular flexibility index (Phi) is 4.05. The maximum absolute atomic E-state index is 13.3. The summed E-state index contributed by atoms with van der Waals surface area (Å²) in [7, 11) is -1.48. The Morgan fingerprint density at radius 2 is 1.82 bits per heavy atom. The molecule has 2 aromatic carbocycles. The number of rotatable bonds is 4. The van der Waals surface area contributed by atoms with Crippen molar-refractivity contribution in [3.63, 3.8) is 0 Å². The van der Waals surface area contributed by atoms with E-state index < -0.39 is 14.6 Å². The zero-order chi connectivity index (χ0) is 23.0. The van der Waals surface area contributed by atoms with Gasteiger partial charge in [0.25, 0.3) is 0 Å². The highest BCUT2D eigenvalue weighted by atomic mass is 32.2. The second-order valence-corrected chi connectivity index (χ2v) is 11.0. The van der Waals surface area contributed by atoms with Crippen LogP contribution in [0, 0.1) is 0 Å². The number of pyridine rings is 1. The molecule has 3 aromatic heterocycles. The SMILES string of the molecule is Cn1c(=O)n(-c2ccc(C3(S(C)(=O)=O)CC3)cc2)c2c3cc(-c4ccco4)ccc3ncc21. The van der Waals surface area contributed by atoms with Gasteiger partial charge in [-0.2, -0.15) is 0 Å². The molecule has 1 fully saturated rings. The summed E-state index contributed by atoms with van der Waals surface area (Å²) in [6, 6.07) is 16.9. The summed E-state index contributed by atoms with van der Waals surface area (Å²) in [6.07, 6.45) is 5.89. The predicted molar refractivity (Wildman–Crippen MR) is 127 cm³/mol. The maximum Gasteiger partial charge on any atom is 0.333 e. The quantitative estimate of drug-likeness (QED) is 0.403. The monoisotopic (exact) mass is 459 g/mol. The van der Waals surface area contributed by atoms with E-state index in [-0.39, 0.29) is 5.69 Å². The molecule has 0 unspecified atom stereocenters. The lowest BCUT2D eigenvalue weighted by Crippen LogP contribution is -2.21. The average molecular weight is 460 g/mol. The molecule has 33 heavy (non-hydrogen) atoms. The van der Waals surface area contributed by atoms with Crippen LogP contribution in [0.1, 0.15) is 18.4 Å². The smallest absolute Gasteiger partial charge is 0.333 e. The van der Waals surface area contributed by atoms with Gasteiger partial charge in [-0.05, 0) is 60.9 Å². The molecular weight excluding hydrogens is 438 g/mol. The second-order valence-electron chi connectivity index (χ2n) is 8.69. The minimum absolute atomic E-state index is 0.195. The largest absolute Gasteiger partial charge is 0.464 e. The van der Waals surface area contributed by atoms with Gasteiger partial charge in [0.1, 0.15) is 5.76 Å². The van der Waals surface area contributed by atoms with Crippen molar-refractivity contribution in [1.82, 2.24) is 14.1 Å². The van der Waals surface area contributed by atoms with Crippen LogP contribution in [0.4, 0.5) is 0 Å². The van der Waals surface area contributed by atoms with E-state index in [1.54, 1.807) is 28.6 Å². The van der Waals surface area contributed by atoms with Gasteiger partial charge in [-0.1, -0.05) is 12.1 Å². The van der Waals surface area contributed by atoms with Crippen LogP contribution >= 0.6 is 0 Å². The van der Waals surface area contributed by atoms with Crippen LogP contribution in [0.3, 0.4) is 0 Å². The van der Waals surface area contributed by atoms with Crippen LogP contribution in [-0.4, -0.2) is 28.8 Å². The molecule has 0 spiro atoms. The van der Waals surface area contributed by atoms with Crippen molar-refractivity contribution < 1.29 is 12.8 Å². The van der Waals surface area contributed by atoms with Gasteiger partial charge in [0.05, 0.1) is 39.4 Å². The minimum Gasteiger partial charge on any atom is -0.464 e. The van der Waals surface area contributed by atoms with E-state index in [4.69, 9.17) is 4.42 Å². The molecule has 7 nitrogen and oxygen atoms in total. The average Bonchev–Trinajstić information content (AvgIpc) is 3.38. The van der Waals surface area contributed by atoms with Gasteiger partial charge < -0.3 is 4.42 Å². The van der Waals surface area contributed by atoms with Crippen LogP contribution in [0.5, 0.6) is 0 Å². The van der Waals surface area contributed by atoms with Gasteiger partial charge in [-0.25, -0.2) is 13.2 Å². The van der Waals surface area contributed by atoms with Gasteiger partial charge in [-0.15, -0.1) is 0 Å². The number of furan rings is 1. The first-order chi connectivity index (χ1) is 15.8. The van der Waals surface area contributed by atoms with Gasteiger partial charge in [0.2, 0.25) is 0 Å². The number of aryl methyl sites for hydroxylation is 1. The van der Waals surface area contributed by atoms with Crippen molar-refractivity contribution in [3.05, 3.63) is 83.1 Å². The molecular formula is C25H21N3O4S. The van der Waals surface area contributed by atoms with Crippen molar-refractivity contribution in [2.45, 2.75) is 17.6 Å². The van der Waals surface area contributed by atoms with Crippen molar-refractivity contribution in [2.24, 2.45) is 7.05 Å². The Morgan fingerprint density at radius 3 is 2.45 bits per heavy atom. The van der Waals surface area contributed by atoms with Crippen molar-refractivity contribution in [2.75, 3.05) is 6.26 Å². The zero-order valence-corrected chi connectivity index (χ0v) is 19.0. The molecule has 6 rings (SSSR count). The third-order valence-electron chi connectivity index (χ3n) is 6.75. The van der Waals surface area contributed by atoms with E-state index in [1.165, 1.54) is 6.26 Å². The summed E-state index contributed by atoms with van der Waals surface area (Å²) in [5.74, 6) is 0.735.